The summed E-state index contributed by atoms with van der Waals surface area (Å²) < 4.78 is 20.1. The van der Waals surface area contributed by atoms with Gasteiger partial charge in [-0.3, -0.25) is 4.79 Å². The number of alkyl halides is 1. The van der Waals surface area contributed by atoms with Crippen molar-refractivity contribution >= 4 is 5.91 Å². The number of carbonyl (C=O) groups excluding carboxylic acids is 1. The van der Waals surface area contributed by atoms with Crippen LogP contribution in [0.25, 0.3) is 0 Å². The first-order valence-electron chi connectivity index (χ1n) is 11.5. The lowest BCUT2D eigenvalue weighted by molar-refractivity contribution is -0.127. The molecule has 1 N–H and O–H groups in total. The molecule has 0 radical (unpaired) electrons. The predicted molar refractivity (Wildman–Crippen MR) is 120 cm³/mol. The highest BCUT2D eigenvalue weighted by atomic mass is 19.1. The minimum absolute atomic E-state index is 0.0625. The lowest BCUT2D eigenvalue weighted by atomic mass is 9.77. The molecule has 2 aliphatic rings. The molecule has 1 aliphatic carbocycles. The van der Waals surface area contributed by atoms with Gasteiger partial charge in [-0.05, 0) is 61.9 Å². The molecule has 1 saturated carbocycles. The van der Waals surface area contributed by atoms with Crippen LogP contribution in [0.3, 0.4) is 0 Å². The fourth-order valence-corrected chi connectivity index (χ4v) is 4.87. The van der Waals surface area contributed by atoms with E-state index in [2.05, 4.69) is 31.0 Å². The van der Waals surface area contributed by atoms with Crippen molar-refractivity contribution in [1.29, 1.82) is 0 Å². The number of piperidine rings is 1. The first-order valence-corrected chi connectivity index (χ1v) is 11.5. The van der Waals surface area contributed by atoms with Gasteiger partial charge in [0.05, 0.1) is 12.5 Å². The number of ether oxygens (including phenoxy) is 1. The number of benzene rings is 1. The predicted octanol–water partition coefficient (Wildman–Crippen LogP) is 4.72. The highest BCUT2D eigenvalue weighted by Crippen LogP contribution is 2.42. The van der Waals surface area contributed by atoms with Gasteiger partial charge in [-0.2, -0.15) is 0 Å². The van der Waals surface area contributed by atoms with Gasteiger partial charge in [-0.1, -0.05) is 45.7 Å². The summed E-state index contributed by atoms with van der Waals surface area (Å²) in [6.45, 7) is 9.47. The third-order valence-electron chi connectivity index (χ3n) is 7.00. The molecule has 4 nitrogen and oxygen atoms in total. The number of halogens is 1. The first-order chi connectivity index (χ1) is 14.2. The molecule has 0 spiro atoms. The third kappa shape index (κ3) is 5.54. The molecule has 1 aromatic carbocycles. The fourth-order valence-electron chi connectivity index (χ4n) is 4.87. The molecule has 1 saturated heterocycles. The molecule has 30 heavy (non-hydrogen) atoms. The van der Waals surface area contributed by atoms with Crippen LogP contribution in [0.4, 0.5) is 4.39 Å². The summed E-state index contributed by atoms with van der Waals surface area (Å²) in [6.07, 6.45) is 4.83. The van der Waals surface area contributed by atoms with Crippen molar-refractivity contribution in [2.75, 3.05) is 33.3 Å². The molecule has 0 unspecified atom stereocenters. The van der Waals surface area contributed by atoms with Crippen molar-refractivity contribution in [2.45, 2.75) is 70.9 Å². The summed E-state index contributed by atoms with van der Waals surface area (Å²) in [7, 11) is 1.65. The van der Waals surface area contributed by atoms with Gasteiger partial charge in [-0.15, -0.1) is 0 Å². The number of likely N-dealkylation sites (tertiary alicyclic amines) is 1. The smallest absolute Gasteiger partial charge is 0.230 e. The van der Waals surface area contributed by atoms with Gasteiger partial charge in [0.1, 0.15) is 11.9 Å². The SMILES string of the molecule is COc1ccc(C2(C(=O)NC[C@@H]3CCN(CCC(C)(C)C)C[C@@H]3F)CCCC2)cc1. The van der Waals surface area contributed by atoms with E-state index >= 15 is 0 Å². The molecule has 1 heterocycles. The third-order valence-corrected chi connectivity index (χ3v) is 7.00. The molecule has 1 amide bonds. The topological polar surface area (TPSA) is 41.6 Å². The normalized spacial score (nSPS) is 24.6. The lowest BCUT2D eigenvalue weighted by Crippen LogP contribution is -2.49. The van der Waals surface area contributed by atoms with Crippen LogP contribution in [-0.2, 0) is 10.2 Å². The standard InChI is InChI=1S/C25H39FN2O2/c1-24(2,3)14-16-28-15-11-19(22(26)18-28)17-27-23(29)25(12-5-6-13-25)20-7-9-21(30-4)10-8-20/h7-10,19,22H,5-6,11-18H2,1-4H3,(H,27,29)/t19-,22-/m0/s1. The Morgan fingerprint density at radius 3 is 2.47 bits per heavy atom. The Morgan fingerprint density at radius 2 is 1.90 bits per heavy atom. The lowest BCUT2D eigenvalue weighted by Gasteiger charge is -2.37. The minimum Gasteiger partial charge on any atom is -0.497 e. The summed E-state index contributed by atoms with van der Waals surface area (Å²) in [5.41, 5.74) is 0.839. The number of methoxy groups -OCH3 is 1. The van der Waals surface area contributed by atoms with E-state index in [1.807, 2.05) is 24.3 Å². The Balaban J connectivity index is 1.56. The van der Waals surface area contributed by atoms with Crippen molar-refractivity contribution < 1.29 is 13.9 Å². The monoisotopic (exact) mass is 418 g/mol. The van der Waals surface area contributed by atoms with Crippen LogP contribution in [0, 0.1) is 11.3 Å². The van der Waals surface area contributed by atoms with E-state index in [0.717, 1.165) is 62.9 Å². The van der Waals surface area contributed by atoms with Crippen LogP contribution in [0.2, 0.25) is 0 Å². The van der Waals surface area contributed by atoms with Crippen molar-refractivity contribution in [1.82, 2.24) is 10.2 Å². The zero-order valence-corrected chi connectivity index (χ0v) is 19.2. The maximum atomic E-state index is 14.8. The van der Waals surface area contributed by atoms with Crippen molar-refractivity contribution in [3.05, 3.63) is 29.8 Å². The van der Waals surface area contributed by atoms with E-state index in [1.54, 1.807) is 7.11 Å². The number of carbonyl (C=O) groups is 1. The number of hydrogen-bond acceptors (Lipinski definition) is 3. The summed E-state index contributed by atoms with van der Waals surface area (Å²) in [5, 5.41) is 3.14. The van der Waals surface area contributed by atoms with E-state index in [-0.39, 0.29) is 17.2 Å². The molecule has 0 bridgehead atoms. The van der Waals surface area contributed by atoms with Gasteiger partial charge in [0.25, 0.3) is 0 Å². The van der Waals surface area contributed by atoms with E-state index in [4.69, 9.17) is 4.74 Å². The quantitative estimate of drug-likeness (QED) is 0.697. The molecule has 5 heteroatoms. The molecule has 2 fully saturated rings. The number of nitrogens with one attached hydrogen (secondary N) is 1. The van der Waals surface area contributed by atoms with Crippen molar-refractivity contribution in [2.24, 2.45) is 11.3 Å². The Bertz CT molecular complexity index is 692. The summed E-state index contributed by atoms with van der Waals surface area (Å²) in [6, 6.07) is 7.87. The maximum Gasteiger partial charge on any atom is 0.230 e. The Kier molecular flexibility index (Phi) is 7.43. The molecule has 1 aliphatic heterocycles. The van der Waals surface area contributed by atoms with E-state index < -0.39 is 11.6 Å². The molecule has 1 aromatic rings. The van der Waals surface area contributed by atoms with Gasteiger partial charge in [0.15, 0.2) is 0 Å². The van der Waals surface area contributed by atoms with Gasteiger partial charge in [-0.25, -0.2) is 4.39 Å². The zero-order valence-electron chi connectivity index (χ0n) is 19.2. The molecule has 2 atom stereocenters. The van der Waals surface area contributed by atoms with Gasteiger partial charge < -0.3 is 15.0 Å². The van der Waals surface area contributed by atoms with Crippen LogP contribution in [0.15, 0.2) is 24.3 Å². The first kappa shape index (κ1) is 23.1. The van der Waals surface area contributed by atoms with E-state index in [1.165, 1.54) is 0 Å². The Labute approximate surface area is 181 Å². The number of amides is 1. The van der Waals surface area contributed by atoms with Crippen molar-refractivity contribution in [3.8, 4) is 5.75 Å². The molecule has 168 valence electrons. The van der Waals surface area contributed by atoms with Gasteiger partial charge in [0.2, 0.25) is 5.91 Å². The maximum absolute atomic E-state index is 14.8. The van der Waals surface area contributed by atoms with Gasteiger partial charge in [0, 0.05) is 19.0 Å². The molecular weight excluding hydrogens is 379 g/mol. The number of hydrogen-bond donors (Lipinski definition) is 1. The second kappa shape index (κ2) is 9.67. The van der Waals surface area contributed by atoms with E-state index in [9.17, 15) is 9.18 Å². The highest BCUT2D eigenvalue weighted by molar-refractivity contribution is 5.88. The van der Waals surface area contributed by atoms with E-state index in [0.29, 0.717) is 13.1 Å². The minimum atomic E-state index is -0.875. The average molecular weight is 419 g/mol. The largest absolute Gasteiger partial charge is 0.497 e. The Morgan fingerprint density at radius 1 is 1.23 bits per heavy atom. The Hall–Kier alpha value is -1.62. The van der Waals surface area contributed by atoms with Crippen LogP contribution in [0.1, 0.15) is 64.9 Å². The molecule has 0 aromatic heterocycles. The number of nitrogens with zero attached hydrogens (tertiary/aromatic N) is 1. The van der Waals surface area contributed by atoms with Crippen LogP contribution < -0.4 is 10.1 Å². The average Bonchev–Trinajstić information content (AvgIpc) is 3.22. The highest BCUT2D eigenvalue weighted by Gasteiger charge is 2.43. The summed E-state index contributed by atoms with van der Waals surface area (Å²) in [4.78, 5) is 15.5. The van der Waals surface area contributed by atoms with Gasteiger partial charge >= 0.3 is 0 Å². The van der Waals surface area contributed by atoms with Crippen molar-refractivity contribution in [3.63, 3.8) is 0 Å². The zero-order chi connectivity index (χ0) is 21.8. The van der Waals surface area contributed by atoms with Crippen LogP contribution in [0.5, 0.6) is 5.75 Å². The molecular formula is C25H39FN2O2. The summed E-state index contributed by atoms with van der Waals surface area (Å²) >= 11 is 0. The molecule has 3 rings (SSSR count). The van der Waals surface area contributed by atoms with Crippen LogP contribution in [-0.4, -0.2) is 50.3 Å². The second-order valence-electron chi connectivity index (χ2n) is 10.4. The number of rotatable bonds is 7. The van der Waals surface area contributed by atoms with Crippen LogP contribution >= 0.6 is 0 Å². The second-order valence-corrected chi connectivity index (χ2v) is 10.4. The summed E-state index contributed by atoms with van der Waals surface area (Å²) in [5.74, 6) is 0.771. The fraction of sp³-hybridized carbons (Fsp3) is 0.720.